The van der Waals surface area contributed by atoms with Crippen LogP contribution in [-0.4, -0.2) is 14.4 Å². The van der Waals surface area contributed by atoms with Crippen LogP contribution in [-0.2, 0) is 13.0 Å². The lowest BCUT2D eigenvalue weighted by atomic mass is 9.89. The summed E-state index contributed by atoms with van der Waals surface area (Å²) in [5.41, 5.74) is 0.322. The van der Waals surface area contributed by atoms with Crippen molar-refractivity contribution in [2.75, 3.05) is 0 Å². The fourth-order valence-electron chi connectivity index (χ4n) is 1.70. The van der Waals surface area contributed by atoms with Crippen LogP contribution in [0.25, 0.3) is 0 Å². The lowest BCUT2D eigenvalue weighted by Gasteiger charge is -2.25. The number of hydrogen-bond acceptors (Lipinski definition) is 1. The van der Waals surface area contributed by atoms with Gasteiger partial charge in [-0.05, 0) is 18.3 Å². The second-order valence-corrected chi connectivity index (χ2v) is 6.51. The predicted molar refractivity (Wildman–Crippen MR) is 73.0 cm³/mol. The summed E-state index contributed by atoms with van der Waals surface area (Å²) in [6.45, 7) is 10.1. The van der Waals surface area contributed by atoms with Gasteiger partial charge in [0.25, 0.3) is 0 Å². The average molecular weight is 287 g/mol. The lowest BCUT2D eigenvalue weighted by molar-refractivity contribution is 0.383. The van der Waals surface area contributed by atoms with Gasteiger partial charge in [0, 0.05) is 30.2 Å². The van der Waals surface area contributed by atoms with Gasteiger partial charge >= 0.3 is 0 Å². The first kappa shape index (κ1) is 13.8. The number of rotatable bonds is 5. The van der Waals surface area contributed by atoms with Gasteiger partial charge in [-0.15, -0.1) is 0 Å². The number of alkyl halides is 1. The molecule has 92 valence electrons. The predicted octanol–water partition coefficient (Wildman–Crippen LogP) is 4.04. The van der Waals surface area contributed by atoms with Gasteiger partial charge in [0.05, 0.1) is 0 Å². The largest absolute Gasteiger partial charge is 0.335 e. The molecule has 0 aliphatic heterocycles. The fourth-order valence-corrected chi connectivity index (χ4v) is 1.93. The average Bonchev–Trinajstić information content (AvgIpc) is 2.61. The molecule has 0 aliphatic rings. The second kappa shape index (κ2) is 5.85. The number of halogens is 1. The van der Waals surface area contributed by atoms with E-state index < -0.39 is 0 Å². The summed E-state index contributed by atoms with van der Waals surface area (Å²) in [5.74, 6) is 1.22. The Balaban J connectivity index is 2.51. The molecule has 1 atom stereocenters. The van der Waals surface area contributed by atoms with Gasteiger partial charge in [0.2, 0.25) is 0 Å². The molecular formula is C13H23BrN2. The Morgan fingerprint density at radius 1 is 1.44 bits per heavy atom. The highest BCUT2D eigenvalue weighted by Gasteiger charge is 2.21. The molecule has 0 aliphatic carbocycles. The maximum Gasteiger partial charge on any atom is 0.108 e. The maximum absolute atomic E-state index is 4.43. The molecule has 0 N–H and O–H groups in total. The molecule has 1 rings (SSSR count). The monoisotopic (exact) mass is 286 g/mol. The summed E-state index contributed by atoms with van der Waals surface area (Å²) < 4.78 is 2.27. The Kier molecular flexibility index (Phi) is 5.03. The van der Waals surface area contributed by atoms with Crippen LogP contribution >= 0.6 is 15.9 Å². The SMILES string of the molecule is CCCn1ccnc1CCC(Br)C(C)(C)C. The van der Waals surface area contributed by atoms with Crippen molar-refractivity contribution in [3.63, 3.8) is 0 Å². The number of nitrogens with zero attached hydrogens (tertiary/aromatic N) is 2. The van der Waals surface area contributed by atoms with Crippen LogP contribution < -0.4 is 0 Å². The summed E-state index contributed by atoms with van der Waals surface area (Å²) in [5, 5.41) is 0. The van der Waals surface area contributed by atoms with Gasteiger partial charge in [-0.1, -0.05) is 43.6 Å². The van der Waals surface area contributed by atoms with Gasteiger partial charge in [-0.3, -0.25) is 0 Å². The van der Waals surface area contributed by atoms with E-state index in [2.05, 4.69) is 59.4 Å². The molecule has 0 amide bonds. The van der Waals surface area contributed by atoms with Crippen molar-refractivity contribution < 1.29 is 0 Å². The van der Waals surface area contributed by atoms with Crippen molar-refractivity contribution in [3.8, 4) is 0 Å². The quantitative estimate of drug-likeness (QED) is 0.747. The zero-order valence-corrected chi connectivity index (χ0v) is 12.4. The summed E-state index contributed by atoms with van der Waals surface area (Å²) in [6.07, 6.45) is 7.36. The normalized spacial score (nSPS) is 14.1. The van der Waals surface area contributed by atoms with E-state index in [4.69, 9.17) is 0 Å². The van der Waals surface area contributed by atoms with E-state index in [1.54, 1.807) is 0 Å². The lowest BCUT2D eigenvalue weighted by Crippen LogP contribution is -2.21. The number of imidazole rings is 1. The van der Waals surface area contributed by atoms with Gasteiger partial charge in [0.15, 0.2) is 0 Å². The number of aromatic nitrogens is 2. The molecule has 0 saturated heterocycles. The highest BCUT2D eigenvalue weighted by Crippen LogP contribution is 2.29. The van der Waals surface area contributed by atoms with E-state index in [0.29, 0.717) is 10.2 Å². The van der Waals surface area contributed by atoms with Gasteiger partial charge in [-0.2, -0.15) is 0 Å². The standard InChI is InChI=1S/C13H23BrN2/c1-5-9-16-10-8-15-12(16)7-6-11(14)13(2,3)4/h8,10-11H,5-7,9H2,1-4H3. The van der Waals surface area contributed by atoms with Crippen molar-refractivity contribution in [1.82, 2.24) is 9.55 Å². The van der Waals surface area contributed by atoms with E-state index in [1.165, 1.54) is 12.2 Å². The summed E-state index contributed by atoms with van der Waals surface area (Å²) in [4.78, 5) is 4.98. The highest BCUT2D eigenvalue weighted by atomic mass is 79.9. The molecule has 1 aromatic rings. The minimum absolute atomic E-state index is 0.322. The molecule has 3 heteroatoms. The Hall–Kier alpha value is -0.310. The third kappa shape index (κ3) is 3.93. The maximum atomic E-state index is 4.43. The Morgan fingerprint density at radius 3 is 2.69 bits per heavy atom. The molecule has 1 heterocycles. The molecule has 0 bridgehead atoms. The highest BCUT2D eigenvalue weighted by molar-refractivity contribution is 9.09. The number of hydrogen-bond donors (Lipinski definition) is 0. The summed E-state index contributed by atoms with van der Waals surface area (Å²) in [7, 11) is 0. The van der Waals surface area contributed by atoms with Crippen molar-refractivity contribution in [2.24, 2.45) is 5.41 Å². The topological polar surface area (TPSA) is 17.8 Å². The first-order valence-electron chi connectivity index (χ1n) is 6.09. The van der Waals surface area contributed by atoms with E-state index >= 15 is 0 Å². The van der Waals surface area contributed by atoms with Crippen LogP contribution in [0.15, 0.2) is 12.4 Å². The van der Waals surface area contributed by atoms with E-state index in [0.717, 1.165) is 19.4 Å². The minimum Gasteiger partial charge on any atom is -0.335 e. The third-order valence-corrected chi connectivity index (χ3v) is 4.66. The first-order valence-corrected chi connectivity index (χ1v) is 7.00. The van der Waals surface area contributed by atoms with Crippen LogP contribution in [0.1, 0.15) is 46.4 Å². The zero-order valence-electron chi connectivity index (χ0n) is 10.8. The van der Waals surface area contributed by atoms with E-state index in [9.17, 15) is 0 Å². The molecule has 16 heavy (non-hydrogen) atoms. The van der Waals surface area contributed by atoms with E-state index in [-0.39, 0.29) is 0 Å². The van der Waals surface area contributed by atoms with Crippen molar-refractivity contribution in [3.05, 3.63) is 18.2 Å². The summed E-state index contributed by atoms with van der Waals surface area (Å²) >= 11 is 3.77. The second-order valence-electron chi connectivity index (χ2n) is 5.41. The zero-order chi connectivity index (χ0) is 12.2. The Morgan fingerprint density at radius 2 is 2.12 bits per heavy atom. The molecule has 0 radical (unpaired) electrons. The van der Waals surface area contributed by atoms with E-state index in [1.807, 2.05) is 6.20 Å². The van der Waals surface area contributed by atoms with Crippen LogP contribution in [0.4, 0.5) is 0 Å². The van der Waals surface area contributed by atoms with Crippen molar-refractivity contribution >= 4 is 15.9 Å². The minimum atomic E-state index is 0.322. The molecule has 0 saturated carbocycles. The van der Waals surface area contributed by atoms with Crippen molar-refractivity contribution in [1.29, 1.82) is 0 Å². The summed E-state index contributed by atoms with van der Waals surface area (Å²) in [6, 6.07) is 0. The van der Waals surface area contributed by atoms with Crippen LogP contribution in [0.3, 0.4) is 0 Å². The van der Waals surface area contributed by atoms with Gasteiger partial charge in [-0.25, -0.2) is 4.98 Å². The fraction of sp³-hybridized carbons (Fsp3) is 0.769. The van der Waals surface area contributed by atoms with Gasteiger partial charge in [0.1, 0.15) is 5.82 Å². The molecular weight excluding hydrogens is 264 g/mol. The Labute approximate surface area is 108 Å². The smallest absolute Gasteiger partial charge is 0.108 e. The molecule has 0 aromatic carbocycles. The van der Waals surface area contributed by atoms with Crippen LogP contribution in [0.5, 0.6) is 0 Å². The van der Waals surface area contributed by atoms with Crippen LogP contribution in [0.2, 0.25) is 0 Å². The molecule has 0 spiro atoms. The molecule has 1 unspecified atom stereocenters. The third-order valence-electron chi connectivity index (χ3n) is 2.83. The number of aryl methyl sites for hydroxylation is 2. The Bertz CT molecular complexity index is 312. The van der Waals surface area contributed by atoms with Crippen molar-refractivity contribution in [2.45, 2.75) is 58.3 Å². The van der Waals surface area contributed by atoms with Crippen LogP contribution in [0, 0.1) is 5.41 Å². The first-order chi connectivity index (χ1) is 7.45. The van der Waals surface area contributed by atoms with Gasteiger partial charge < -0.3 is 4.57 Å². The molecule has 1 aromatic heterocycles. The molecule has 0 fully saturated rings. The molecule has 2 nitrogen and oxygen atoms in total.